The SMILES string of the molecule is COC(=O)c1ccc(OC(=O)C23CCC(C)(C2Br)C3(C)C)cc1. The van der Waals surface area contributed by atoms with E-state index in [4.69, 9.17) is 4.74 Å². The second-order valence-electron chi connectivity index (χ2n) is 7.28. The predicted octanol–water partition coefficient (Wildman–Crippen LogP) is 3.97. The van der Waals surface area contributed by atoms with Crippen LogP contribution in [0.15, 0.2) is 24.3 Å². The second-order valence-corrected chi connectivity index (χ2v) is 8.20. The van der Waals surface area contributed by atoms with Crippen LogP contribution in [-0.4, -0.2) is 23.9 Å². The monoisotopic (exact) mass is 380 g/mol. The van der Waals surface area contributed by atoms with Gasteiger partial charge in [0.1, 0.15) is 5.75 Å². The van der Waals surface area contributed by atoms with Crippen LogP contribution >= 0.6 is 15.9 Å². The fourth-order valence-corrected chi connectivity index (χ4v) is 6.17. The van der Waals surface area contributed by atoms with Crippen LogP contribution < -0.4 is 4.74 Å². The summed E-state index contributed by atoms with van der Waals surface area (Å²) in [4.78, 5) is 24.5. The highest BCUT2D eigenvalue weighted by Gasteiger charge is 2.80. The summed E-state index contributed by atoms with van der Waals surface area (Å²) >= 11 is 3.73. The molecule has 0 aromatic heterocycles. The number of rotatable bonds is 3. The van der Waals surface area contributed by atoms with Gasteiger partial charge in [-0.3, -0.25) is 4.79 Å². The van der Waals surface area contributed by atoms with E-state index in [0.717, 1.165) is 12.8 Å². The minimum absolute atomic E-state index is 0.1000. The van der Waals surface area contributed by atoms with E-state index in [0.29, 0.717) is 11.3 Å². The van der Waals surface area contributed by atoms with Crippen molar-refractivity contribution in [3.05, 3.63) is 29.8 Å². The van der Waals surface area contributed by atoms with Gasteiger partial charge in [-0.25, -0.2) is 4.79 Å². The molecule has 3 fully saturated rings. The third-order valence-electron chi connectivity index (χ3n) is 6.42. The molecule has 0 N–H and O–H groups in total. The molecule has 3 saturated carbocycles. The average Bonchev–Trinajstić information content (AvgIpc) is 2.94. The van der Waals surface area contributed by atoms with Gasteiger partial charge in [0, 0.05) is 4.83 Å². The molecule has 3 unspecified atom stereocenters. The summed E-state index contributed by atoms with van der Waals surface area (Å²) in [5.74, 6) is -0.146. The van der Waals surface area contributed by atoms with Crippen LogP contribution in [0, 0.1) is 16.2 Å². The maximum absolute atomic E-state index is 12.9. The third kappa shape index (κ3) is 1.89. The Morgan fingerprint density at radius 3 is 2.17 bits per heavy atom. The van der Waals surface area contributed by atoms with Crippen molar-refractivity contribution in [3.8, 4) is 5.75 Å². The molecule has 0 spiro atoms. The van der Waals surface area contributed by atoms with Gasteiger partial charge in [-0.2, -0.15) is 0 Å². The second kappa shape index (κ2) is 5.07. The van der Waals surface area contributed by atoms with Crippen molar-refractivity contribution in [2.75, 3.05) is 7.11 Å². The highest BCUT2D eigenvalue weighted by molar-refractivity contribution is 9.09. The molecule has 23 heavy (non-hydrogen) atoms. The average molecular weight is 381 g/mol. The Balaban J connectivity index is 1.79. The van der Waals surface area contributed by atoms with Gasteiger partial charge in [-0.15, -0.1) is 0 Å². The van der Waals surface area contributed by atoms with E-state index in [1.54, 1.807) is 24.3 Å². The smallest absolute Gasteiger partial charge is 0.337 e. The summed E-state index contributed by atoms with van der Waals surface area (Å²) in [5.41, 5.74) is -0.0259. The summed E-state index contributed by atoms with van der Waals surface area (Å²) in [6.45, 7) is 6.54. The molecule has 0 radical (unpaired) electrons. The zero-order chi connectivity index (χ0) is 17.0. The van der Waals surface area contributed by atoms with Crippen molar-refractivity contribution >= 4 is 27.9 Å². The van der Waals surface area contributed by atoms with E-state index < -0.39 is 11.4 Å². The largest absolute Gasteiger partial charge is 0.465 e. The molecule has 3 atom stereocenters. The van der Waals surface area contributed by atoms with Crippen molar-refractivity contribution in [1.29, 1.82) is 0 Å². The maximum atomic E-state index is 12.9. The van der Waals surface area contributed by atoms with Crippen LogP contribution in [-0.2, 0) is 9.53 Å². The lowest BCUT2D eigenvalue weighted by Gasteiger charge is -2.63. The Kier molecular flexibility index (Phi) is 3.63. The van der Waals surface area contributed by atoms with E-state index in [-0.39, 0.29) is 21.6 Å². The lowest BCUT2D eigenvalue weighted by atomic mass is 9.43. The standard InChI is InChI=1S/C18H21BrO4/c1-16(2)17(3)9-10-18(16,14(17)19)15(21)23-12-7-5-11(6-8-12)13(20)22-4/h5-8,14H,9-10H2,1-4H3. The van der Waals surface area contributed by atoms with Crippen molar-refractivity contribution in [2.24, 2.45) is 16.2 Å². The molecule has 0 amide bonds. The number of hydrogen-bond acceptors (Lipinski definition) is 4. The normalized spacial score (nSPS) is 33.7. The van der Waals surface area contributed by atoms with E-state index in [9.17, 15) is 9.59 Å². The first-order chi connectivity index (χ1) is 10.7. The van der Waals surface area contributed by atoms with E-state index in [1.165, 1.54) is 7.11 Å². The quantitative estimate of drug-likeness (QED) is 0.452. The number of carbonyl (C=O) groups excluding carboxylic acids is 2. The van der Waals surface area contributed by atoms with Crippen LogP contribution in [0.25, 0.3) is 0 Å². The molecule has 1 aromatic rings. The van der Waals surface area contributed by atoms with Gasteiger partial charge in [0.05, 0.1) is 18.1 Å². The lowest BCUT2D eigenvalue weighted by molar-refractivity contribution is -0.176. The molecule has 0 aliphatic heterocycles. The highest BCUT2D eigenvalue weighted by Crippen LogP contribution is 2.79. The molecule has 4 nitrogen and oxygen atoms in total. The van der Waals surface area contributed by atoms with Crippen LogP contribution in [0.5, 0.6) is 5.75 Å². The van der Waals surface area contributed by atoms with Gasteiger partial charge in [-0.1, -0.05) is 36.7 Å². The van der Waals surface area contributed by atoms with Gasteiger partial charge >= 0.3 is 11.9 Å². The Morgan fingerprint density at radius 2 is 1.74 bits per heavy atom. The van der Waals surface area contributed by atoms with Gasteiger partial charge in [0.25, 0.3) is 0 Å². The van der Waals surface area contributed by atoms with Gasteiger partial charge in [-0.05, 0) is 47.9 Å². The number of carbonyl (C=O) groups is 2. The number of esters is 2. The van der Waals surface area contributed by atoms with Crippen molar-refractivity contribution < 1.29 is 19.1 Å². The Bertz CT molecular complexity index is 666. The minimum atomic E-state index is -0.483. The first-order valence-corrected chi connectivity index (χ1v) is 8.67. The summed E-state index contributed by atoms with van der Waals surface area (Å²) in [5, 5.41) is 0. The summed E-state index contributed by atoms with van der Waals surface area (Å²) < 4.78 is 10.3. The Morgan fingerprint density at radius 1 is 1.13 bits per heavy atom. The van der Waals surface area contributed by atoms with Crippen molar-refractivity contribution in [1.82, 2.24) is 0 Å². The lowest BCUT2D eigenvalue weighted by Crippen LogP contribution is -2.68. The highest BCUT2D eigenvalue weighted by atomic mass is 79.9. The fourth-order valence-electron chi connectivity index (χ4n) is 4.38. The van der Waals surface area contributed by atoms with Gasteiger partial charge < -0.3 is 9.47 Å². The van der Waals surface area contributed by atoms with Crippen LogP contribution in [0.2, 0.25) is 0 Å². The molecule has 124 valence electrons. The molecule has 3 aliphatic carbocycles. The Hall–Kier alpha value is -1.36. The zero-order valence-electron chi connectivity index (χ0n) is 13.8. The molecule has 0 saturated heterocycles. The first-order valence-electron chi connectivity index (χ1n) is 7.75. The summed E-state index contributed by atoms with van der Waals surface area (Å²) in [6.07, 6.45) is 1.86. The number of benzene rings is 1. The molecule has 0 heterocycles. The molecule has 2 bridgehead atoms. The van der Waals surface area contributed by atoms with E-state index in [2.05, 4.69) is 41.4 Å². The Labute approximate surface area is 144 Å². The zero-order valence-corrected chi connectivity index (χ0v) is 15.4. The van der Waals surface area contributed by atoms with Crippen LogP contribution in [0.4, 0.5) is 0 Å². The minimum Gasteiger partial charge on any atom is -0.465 e. The molecule has 3 aliphatic rings. The maximum Gasteiger partial charge on any atom is 0.337 e. The molecular weight excluding hydrogens is 360 g/mol. The van der Waals surface area contributed by atoms with E-state index >= 15 is 0 Å². The number of hydrogen-bond donors (Lipinski definition) is 0. The number of methoxy groups -OCH3 is 1. The van der Waals surface area contributed by atoms with Gasteiger partial charge in [0.2, 0.25) is 0 Å². The fraction of sp³-hybridized carbons (Fsp3) is 0.556. The molecule has 4 rings (SSSR count). The molecule has 1 aromatic carbocycles. The number of alkyl halides is 1. The third-order valence-corrected chi connectivity index (χ3v) is 8.22. The predicted molar refractivity (Wildman–Crippen MR) is 89.7 cm³/mol. The topological polar surface area (TPSA) is 52.6 Å². The van der Waals surface area contributed by atoms with Gasteiger partial charge in [0.15, 0.2) is 0 Å². The number of ether oxygens (including phenoxy) is 2. The molecule has 5 heteroatoms. The number of halogens is 1. The van der Waals surface area contributed by atoms with Crippen LogP contribution in [0.3, 0.4) is 0 Å². The van der Waals surface area contributed by atoms with E-state index in [1.807, 2.05) is 0 Å². The molecular formula is C18H21BrO4. The van der Waals surface area contributed by atoms with Crippen molar-refractivity contribution in [3.63, 3.8) is 0 Å². The van der Waals surface area contributed by atoms with Crippen LogP contribution in [0.1, 0.15) is 44.0 Å². The first kappa shape index (κ1) is 16.5. The van der Waals surface area contributed by atoms with Crippen molar-refractivity contribution in [2.45, 2.75) is 38.4 Å². The summed E-state index contributed by atoms with van der Waals surface area (Å²) in [6, 6.07) is 6.46. The summed E-state index contributed by atoms with van der Waals surface area (Å²) in [7, 11) is 1.33. The number of fused-ring (bicyclic) bond motifs is 1.